The SMILES string of the molecule is CC(=O)SCC(=O)N[C@@H]1CN(C(=O)O)CC(F)(F)C1. The Morgan fingerprint density at radius 3 is 2.63 bits per heavy atom. The van der Waals surface area contributed by atoms with Crippen LogP contribution in [-0.4, -0.2) is 57.9 Å². The number of nitrogens with one attached hydrogen (secondary N) is 1. The van der Waals surface area contributed by atoms with Gasteiger partial charge >= 0.3 is 6.09 Å². The molecule has 19 heavy (non-hydrogen) atoms. The molecule has 0 aliphatic carbocycles. The number of piperidine rings is 1. The van der Waals surface area contributed by atoms with Crippen molar-refractivity contribution < 1.29 is 28.3 Å². The Morgan fingerprint density at radius 1 is 1.47 bits per heavy atom. The predicted molar refractivity (Wildman–Crippen MR) is 64.2 cm³/mol. The second kappa shape index (κ2) is 6.18. The van der Waals surface area contributed by atoms with Crippen LogP contribution in [0.5, 0.6) is 0 Å². The van der Waals surface area contributed by atoms with Gasteiger partial charge in [0.05, 0.1) is 18.3 Å². The van der Waals surface area contributed by atoms with Crippen LogP contribution in [0.15, 0.2) is 0 Å². The summed E-state index contributed by atoms with van der Waals surface area (Å²) in [5, 5.41) is 10.8. The molecule has 2 amide bonds. The van der Waals surface area contributed by atoms with Crippen molar-refractivity contribution in [1.82, 2.24) is 10.2 Å². The fourth-order valence-corrected chi connectivity index (χ4v) is 2.20. The molecule has 0 unspecified atom stereocenters. The lowest BCUT2D eigenvalue weighted by Gasteiger charge is -2.36. The van der Waals surface area contributed by atoms with Crippen LogP contribution >= 0.6 is 11.8 Å². The van der Waals surface area contributed by atoms with Crippen molar-refractivity contribution in [2.75, 3.05) is 18.8 Å². The number of hydrogen-bond donors (Lipinski definition) is 2. The molecule has 1 aliphatic rings. The molecule has 1 atom stereocenters. The zero-order chi connectivity index (χ0) is 14.6. The lowest BCUT2D eigenvalue weighted by atomic mass is 10.0. The molecule has 0 bridgehead atoms. The maximum atomic E-state index is 13.3. The second-order valence-electron chi connectivity index (χ2n) is 4.27. The molecule has 1 rings (SSSR count). The van der Waals surface area contributed by atoms with Crippen molar-refractivity contribution >= 4 is 28.9 Å². The van der Waals surface area contributed by atoms with E-state index in [0.29, 0.717) is 4.90 Å². The molecule has 0 aromatic carbocycles. The van der Waals surface area contributed by atoms with Crippen molar-refractivity contribution in [3.05, 3.63) is 0 Å². The van der Waals surface area contributed by atoms with Crippen LogP contribution in [0.1, 0.15) is 13.3 Å². The summed E-state index contributed by atoms with van der Waals surface area (Å²) in [6.45, 7) is 0.247. The number of thioether (sulfide) groups is 1. The lowest BCUT2D eigenvalue weighted by Crippen LogP contribution is -2.56. The standard InChI is InChI=1S/C10H14F2N2O4S/c1-6(15)19-4-8(16)13-7-2-10(11,12)5-14(3-7)9(17)18/h7H,2-5H2,1H3,(H,13,16)(H,17,18)/t7-/m0/s1. The van der Waals surface area contributed by atoms with Gasteiger partial charge in [-0.2, -0.15) is 0 Å². The summed E-state index contributed by atoms with van der Waals surface area (Å²) in [5.41, 5.74) is 0. The Kier molecular flexibility index (Phi) is 5.10. The number of carboxylic acid groups (broad SMARTS) is 1. The van der Waals surface area contributed by atoms with Gasteiger partial charge in [-0.25, -0.2) is 13.6 Å². The van der Waals surface area contributed by atoms with Gasteiger partial charge in [0.25, 0.3) is 5.92 Å². The van der Waals surface area contributed by atoms with Gasteiger partial charge in [-0.15, -0.1) is 0 Å². The molecule has 0 aromatic rings. The topological polar surface area (TPSA) is 86.7 Å². The van der Waals surface area contributed by atoms with E-state index in [1.807, 2.05) is 0 Å². The first-order valence-corrected chi connectivity index (χ1v) is 6.46. The zero-order valence-corrected chi connectivity index (χ0v) is 11.0. The summed E-state index contributed by atoms with van der Waals surface area (Å²) < 4.78 is 26.6. The van der Waals surface area contributed by atoms with Gasteiger partial charge in [0.15, 0.2) is 5.12 Å². The van der Waals surface area contributed by atoms with Crippen LogP contribution in [0.2, 0.25) is 0 Å². The Morgan fingerprint density at radius 2 is 2.11 bits per heavy atom. The lowest BCUT2D eigenvalue weighted by molar-refractivity contribution is -0.122. The largest absolute Gasteiger partial charge is 0.465 e. The van der Waals surface area contributed by atoms with Crippen LogP contribution in [0.3, 0.4) is 0 Å². The Bertz CT molecular complexity index is 392. The fourth-order valence-electron chi connectivity index (χ4n) is 1.78. The van der Waals surface area contributed by atoms with Gasteiger partial charge in [0.1, 0.15) is 0 Å². The molecule has 1 heterocycles. The Labute approximate surface area is 112 Å². The van der Waals surface area contributed by atoms with E-state index >= 15 is 0 Å². The molecule has 0 spiro atoms. The molecule has 1 saturated heterocycles. The minimum absolute atomic E-state index is 0.162. The highest BCUT2D eigenvalue weighted by atomic mass is 32.2. The van der Waals surface area contributed by atoms with E-state index in [4.69, 9.17) is 5.11 Å². The van der Waals surface area contributed by atoms with Gasteiger partial charge in [0, 0.05) is 19.9 Å². The average Bonchev–Trinajstić information content (AvgIpc) is 2.24. The number of halogens is 2. The number of alkyl halides is 2. The molecular formula is C10H14F2N2O4S. The van der Waals surface area contributed by atoms with E-state index < -0.39 is 36.9 Å². The van der Waals surface area contributed by atoms with Crippen molar-refractivity contribution in [3.8, 4) is 0 Å². The molecule has 2 N–H and O–H groups in total. The third-order valence-electron chi connectivity index (χ3n) is 2.45. The minimum atomic E-state index is -3.16. The first kappa shape index (κ1) is 15.7. The van der Waals surface area contributed by atoms with E-state index in [1.54, 1.807) is 0 Å². The number of carbonyl (C=O) groups is 3. The van der Waals surface area contributed by atoms with E-state index in [9.17, 15) is 23.2 Å². The van der Waals surface area contributed by atoms with Crippen LogP contribution in [0.25, 0.3) is 0 Å². The highest BCUT2D eigenvalue weighted by molar-refractivity contribution is 8.14. The van der Waals surface area contributed by atoms with E-state index in [1.165, 1.54) is 6.92 Å². The van der Waals surface area contributed by atoms with Crippen LogP contribution in [0.4, 0.5) is 13.6 Å². The summed E-state index contributed by atoms with van der Waals surface area (Å²) in [6.07, 6.45) is -2.05. The zero-order valence-electron chi connectivity index (χ0n) is 10.2. The van der Waals surface area contributed by atoms with Crippen molar-refractivity contribution in [2.45, 2.75) is 25.3 Å². The average molecular weight is 296 g/mol. The molecule has 108 valence electrons. The van der Waals surface area contributed by atoms with Gasteiger partial charge in [0.2, 0.25) is 5.91 Å². The van der Waals surface area contributed by atoms with Gasteiger partial charge in [-0.05, 0) is 0 Å². The van der Waals surface area contributed by atoms with Crippen molar-refractivity contribution in [1.29, 1.82) is 0 Å². The Hall–Kier alpha value is -1.38. The molecule has 1 fully saturated rings. The van der Waals surface area contributed by atoms with Gasteiger partial charge in [-0.3, -0.25) is 9.59 Å². The van der Waals surface area contributed by atoms with E-state index in [0.717, 1.165) is 11.8 Å². The molecule has 0 saturated carbocycles. The highest BCUT2D eigenvalue weighted by Crippen LogP contribution is 2.27. The van der Waals surface area contributed by atoms with E-state index in [2.05, 4.69) is 5.32 Å². The maximum absolute atomic E-state index is 13.3. The van der Waals surface area contributed by atoms with E-state index in [-0.39, 0.29) is 17.4 Å². The number of rotatable bonds is 3. The molecule has 9 heteroatoms. The molecular weight excluding hydrogens is 282 g/mol. The number of likely N-dealkylation sites (tertiary alicyclic amines) is 1. The van der Waals surface area contributed by atoms with Crippen molar-refractivity contribution in [2.24, 2.45) is 0 Å². The quantitative estimate of drug-likeness (QED) is 0.803. The highest BCUT2D eigenvalue weighted by Gasteiger charge is 2.42. The van der Waals surface area contributed by atoms with Gasteiger partial charge < -0.3 is 15.3 Å². The third-order valence-corrected chi connectivity index (χ3v) is 3.26. The fraction of sp³-hybridized carbons (Fsp3) is 0.700. The predicted octanol–water partition coefficient (Wildman–Crippen LogP) is 0.770. The molecule has 0 radical (unpaired) electrons. The third kappa shape index (κ3) is 5.41. The van der Waals surface area contributed by atoms with Gasteiger partial charge in [-0.1, -0.05) is 11.8 Å². The first-order chi connectivity index (χ1) is 8.69. The summed E-state index contributed by atoms with van der Waals surface area (Å²) in [5.74, 6) is -3.89. The minimum Gasteiger partial charge on any atom is -0.465 e. The summed E-state index contributed by atoms with van der Waals surface area (Å²) in [6, 6.07) is -0.945. The van der Waals surface area contributed by atoms with Crippen LogP contribution < -0.4 is 5.32 Å². The molecule has 0 aromatic heterocycles. The normalized spacial score (nSPS) is 21.8. The number of hydrogen-bond acceptors (Lipinski definition) is 4. The smallest absolute Gasteiger partial charge is 0.407 e. The molecule has 6 nitrogen and oxygen atoms in total. The van der Waals surface area contributed by atoms with Crippen LogP contribution in [0, 0.1) is 0 Å². The summed E-state index contributed by atoms with van der Waals surface area (Å²) in [7, 11) is 0. The molecule has 1 aliphatic heterocycles. The maximum Gasteiger partial charge on any atom is 0.407 e. The number of amides is 2. The summed E-state index contributed by atoms with van der Waals surface area (Å²) >= 11 is 0.767. The monoisotopic (exact) mass is 296 g/mol. The Balaban J connectivity index is 2.54. The number of carbonyl (C=O) groups excluding carboxylic acids is 2. The second-order valence-corrected chi connectivity index (χ2v) is 5.42. The van der Waals surface area contributed by atoms with Crippen molar-refractivity contribution in [3.63, 3.8) is 0 Å². The number of nitrogens with zero attached hydrogens (tertiary/aromatic N) is 1. The van der Waals surface area contributed by atoms with Crippen LogP contribution in [-0.2, 0) is 9.59 Å². The first-order valence-electron chi connectivity index (χ1n) is 5.48. The summed E-state index contributed by atoms with van der Waals surface area (Å²) in [4.78, 5) is 33.4.